The summed E-state index contributed by atoms with van der Waals surface area (Å²) in [7, 11) is 1.63. The van der Waals surface area contributed by atoms with E-state index in [9.17, 15) is 4.79 Å². The summed E-state index contributed by atoms with van der Waals surface area (Å²) >= 11 is 1.33. The predicted octanol–water partition coefficient (Wildman–Crippen LogP) is 3.62. The fourth-order valence-electron chi connectivity index (χ4n) is 2.97. The van der Waals surface area contributed by atoms with Crippen LogP contribution in [-0.4, -0.2) is 38.0 Å². The topological polar surface area (TPSA) is 94.5 Å². The summed E-state index contributed by atoms with van der Waals surface area (Å²) in [6.07, 6.45) is 0. The Bertz CT molecular complexity index is 1180. The van der Waals surface area contributed by atoms with Crippen molar-refractivity contribution in [1.29, 1.82) is 0 Å². The highest BCUT2D eigenvalue weighted by Crippen LogP contribution is 2.30. The summed E-state index contributed by atoms with van der Waals surface area (Å²) in [6.45, 7) is 5.61. The molecule has 1 amide bonds. The fourth-order valence-corrected chi connectivity index (χ4v) is 3.84. The molecule has 4 rings (SSSR count). The number of ether oxygens (including phenoxy) is 1. The number of hydrogen-bond donors (Lipinski definition) is 1. The van der Waals surface area contributed by atoms with Gasteiger partial charge in [-0.05, 0) is 44.5 Å². The molecule has 3 aromatic heterocycles. The number of hydrogen-bond acceptors (Lipinski definition) is 7. The third-order valence-corrected chi connectivity index (χ3v) is 5.45. The van der Waals surface area contributed by atoms with Crippen LogP contribution in [-0.2, 0) is 4.79 Å². The van der Waals surface area contributed by atoms with Gasteiger partial charge >= 0.3 is 0 Å². The lowest BCUT2D eigenvalue weighted by Gasteiger charge is -2.11. The minimum Gasteiger partial charge on any atom is -0.497 e. The fraction of sp³-hybridized carbons (Fsp3) is 0.263. The first-order valence-corrected chi connectivity index (χ1v) is 9.57. The Morgan fingerprint density at radius 2 is 2.07 bits per heavy atom. The van der Waals surface area contributed by atoms with Gasteiger partial charge in [-0.15, -0.1) is 10.2 Å². The minimum atomic E-state index is -0.411. The number of nitrogens with zero attached hydrogens (tertiary/aromatic N) is 4. The molecule has 1 aromatic carbocycles. The number of fused-ring (bicyclic) bond motifs is 3. The van der Waals surface area contributed by atoms with Crippen LogP contribution in [0.25, 0.3) is 16.6 Å². The monoisotopic (exact) mass is 397 g/mol. The number of methoxy groups -OCH3 is 1. The Kier molecular flexibility index (Phi) is 4.68. The summed E-state index contributed by atoms with van der Waals surface area (Å²) in [5.41, 5.74) is 2.75. The van der Waals surface area contributed by atoms with Crippen LogP contribution in [0, 0.1) is 13.8 Å². The first-order valence-electron chi connectivity index (χ1n) is 8.69. The highest BCUT2D eigenvalue weighted by atomic mass is 32.2. The second kappa shape index (κ2) is 7.16. The van der Waals surface area contributed by atoms with E-state index in [4.69, 9.17) is 9.26 Å². The zero-order valence-electron chi connectivity index (χ0n) is 15.9. The molecule has 4 aromatic rings. The number of amides is 1. The van der Waals surface area contributed by atoms with Crippen LogP contribution in [0.3, 0.4) is 0 Å². The molecule has 9 heteroatoms. The molecule has 0 aliphatic carbocycles. The number of carbonyl (C=O) groups is 1. The summed E-state index contributed by atoms with van der Waals surface area (Å²) in [5, 5.41) is 16.4. The predicted molar refractivity (Wildman–Crippen MR) is 107 cm³/mol. The quantitative estimate of drug-likeness (QED) is 0.514. The maximum Gasteiger partial charge on any atom is 0.238 e. The van der Waals surface area contributed by atoms with E-state index >= 15 is 0 Å². The summed E-state index contributed by atoms with van der Waals surface area (Å²) in [5.74, 6) is 1.59. The highest BCUT2D eigenvalue weighted by Gasteiger charge is 2.20. The molecule has 0 spiro atoms. The van der Waals surface area contributed by atoms with Crippen molar-refractivity contribution in [3.05, 3.63) is 41.7 Å². The van der Waals surface area contributed by atoms with Gasteiger partial charge in [0.25, 0.3) is 0 Å². The van der Waals surface area contributed by atoms with Gasteiger partial charge in [0.05, 0.1) is 17.9 Å². The average Bonchev–Trinajstić information content (AvgIpc) is 3.27. The number of pyridine rings is 1. The molecule has 3 heterocycles. The second-order valence-corrected chi connectivity index (χ2v) is 7.77. The molecule has 8 nitrogen and oxygen atoms in total. The summed E-state index contributed by atoms with van der Waals surface area (Å²) in [6, 6.07) is 9.54. The molecule has 1 unspecified atom stereocenters. The molecule has 28 heavy (non-hydrogen) atoms. The molecular weight excluding hydrogens is 378 g/mol. The maximum atomic E-state index is 12.5. The van der Waals surface area contributed by atoms with Gasteiger partial charge in [-0.2, -0.15) is 0 Å². The molecular formula is C19H19N5O3S. The van der Waals surface area contributed by atoms with Crippen molar-refractivity contribution in [2.75, 3.05) is 12.4 Å². The van der Waals surface area contributed by atoms with Gasteiger partial charge in [0.1, 0.15) is 11.5 Å². The molecule has 0 radical (unpaired) electrons. The van der Waals surface area contributed by atoms with Crippen LogP contribution in [0.1, 0.15) is 18.2 Å². The number of aryl methyl sites for hydroxylation is 2. The Balaban J connectivity index is 1.68. The molecule has 1 atom stereocenters. The first-order chi connectivity index (χ1) is 13.5. The van der Waals surface area contributed by atoms with E-state index in [-0.39, 0.29) is 5.91 Å². The van der Waals surface area contributed by atoms with Gasteiger partial charge in [-0.3, -0.25) is 9.20 Å². The Morgan fingerprint density at radius 1 is 1.25 bits per heavy atom. The number of nitrogens with one attached hydrogen (secondary N) is 1. The van der Waals surface area contributed by atoms with E-state index in [0.717, 1.165) is 27.9 Å². The van der Waals surface area contributed by atoms with Crippen molar-refractivity contribution >= 4 is 40.0 Å². The second-order valence-electron chi connectivity index (χ2n) is 6.46. The van der Waals surface area contributed by atoms with E-state index < -0.39 is 5.25 Å². The Hall–Kier alpha value is -3.07. The van der Waals surface area contributed by atoms with Crippen LogP contribution in [0.2, 0.25) is 0 Å². The van der Waals surface area contributed by atoms with E-state index in [0.29, 0.717) is 16.7 Å². The van der Waals surface area contributed by atoms with E-state index in [1.54, 1.807) is 20.1 Å². The smallest absolute Gasteiger partial charge is 0.238 e. The van der Waals surface area contributed by atoms with Gasteiger partial charge in [-0.25, -0.2) is 0 Å². The third kappa shape index (κ3) is 3.29. The lowest BCUT2D eigenvalue weighted by Crippen LogP contribution is -2.22. The molecule has 0 fully saturated rings. The first kappa shape index (κ1) is 18.3. The molecule has 144 valence electrons. The number of carbonyl (C=O) groups excluding carboxylic acids is 1. The van der Waals surface area contributed by atoms with Gasteiger partial charge in [0, 0.05) is 17.5 Å². The third-order valence-electron chi connectivity index (χ3n) is 4.41. The van der Waals surface area contributed by atoms with Crippen LogP contribution in [0.15, 0.2) is 40.0 Å². The number of anilines is 1. The van der Waals surface area contributed by atoms with E-state index in [1.165, 1.54) is 11.8 Å². The van der Waals surface area contributed by atoms with Crippen molar-refractivity contribution < 1.29 is 14.1 Å². The number of thioether (sulfide) groups is 1. The SMILES string of the molecule is COc1ccc2c(C)cc3nnc(SC(C)C(=O)Nc4cc(C)on4)n3c2c1. The normalized spacial score (nSPS) is 12.4. The summed E-state index contributed by atoms with van der Waals surface area (Å²) < 4.78 is 12.3. The Labute approximate surface area is 165 Å². The lowest BCUT2D eigenvalue weighted by molar-refractivity contribution is -0.115. The highest BCUT2D eigenvalue weighted by molar-refractivity contribution is 8.00. The van der Waals surface area contributed by atoms with Crippen LogP contribution < -0.4 is 10.1 Å². The van der Waals surface area contributed by atoms with E-state index in [2.05, 4.69) is 20.7 Å². The molecule has 0 aliphatic rings. The van der Waals surface area contributed by atoms with Crippen LogP contribution >= 0.6 is 11.8 Å². The van der Waals surface area contributed by atoms with Crippen molar-refractivity contribution in [3.63, 3.8) is 0 Å². The lowest BCUT2D eigenvalue weighted by atomic mass is 10.1. The molecule has 0 saturated carbocycles. The number of rotatable bonds is 5. The maximum absolute atomic E-state index is 12.5. The molecule has 0 aliphatic heterocycles. The molecule has 0 saturated heterocycles. The van der Waals surface area contributed by atoms with Crippen LogP contribution in [0.4, 0.5) is 5.82 Å². The van der Waals surface area contributed by atoms with Crippen molar-refractivity contribution in [1.82, 2.24) is 19.8 Å². The minimum absolute atomic E-state index is 0.191. The Morgan fingerprint density at radius 3 is 2.79 bits per heavy atom. The number of aromatic nitrogens is 4. The van der Waals surface area contributed by atoms with Gasteiger partial charge in [-0.1, -0.05) is 16.9 Å². The van der Waals surface area contributed by atoms with Gasteiger partial charge in [0.15, 0.2) is 16.6 Å². The zero-order chi connectivity index (χ0) is 19.8. The van der Waals surface area contributed by atoms with Gasteiger partial charge < -0.3 is 14.6 Å². The van der Waals surface area contributed by atoms with Crippen molar-refractivity contribution in [3.8, 4) is 5.75 Å². The van der Waals surface area contributed by atoms with E-state index in [1.807, 2.05) is 42.5 Å². The average molecular weight is 397 g/mol. The van der Waals surface area contributed by atoms with Crippen molar-refractivity contribution in [2.45, 2.75) is 31.2 Å². The summed E-state index contributed by atoms with van der Waals surface area (Å²) in [4.78, 5) is 12.5. The number of benzene rings is 1. The van der Waals surface area contributed by atoms with Crippen molar-refractivity contribution in [2.24, 2.45) is 0 Å². The van der Waals surface area contributed by atoms with Crippen LogP contribution in [0.5, 0.6) is 5.75 Å². The zero-order valence-corrected chi connectivity index (χ0v) is 16.7. The largest absolute Gasteiger partial charge is 0.497 e. The standard InChI is InChI=1S/C19H19N5O3S/c1-10-7-17-21-22-19(24(17)15-9-13(26-4)5-6-14(10)15)28-12(3)18(25)20-16-8-11(2)27-23-16/h5-9,12H,1-4H3,(H,20,23,25). The molecule has 1 N–H and O–H groups in total. The molecule has 0 bridgehead atoms. The van der Waals surface area contributed by atoms with Gasteiger partial charge in [0.2, 0.25) is 5.91 Å².